The number of pyridine rings is 1. The van der Waals surface area contributed by atoms with Gasteiger partial charge in [-0.25, -0.2) is 4.98 Å². The zero-order valence-electron chi connectivity index (χ0n) is 10.1. The third-order valence-corrected chi connectivity index (χ3v) is 2.46. The highest BCUT2D eigenvalue weighted by Crippen LogP contribution is 2.32. The summed E-state index contributed by atoms with van der Waals surface area (Å²) >= 11 is 0. The Balaban J connectivity index is 2.29. The molecule has 0 bridgehead atoms. The summed E-state index contributed by atoms with van der Waals surface area (Å²) < 4.78 is 37.9. The van der Waals surface area contributed by atoms with Crippen LogP contribution >= 0.6 is 0 Å². The van der Waals surface area contributed by atoms with Crippen molar-refractivity contribution in [3.05, 3.63) is 47.5 Å². The molecule has 0 saturated heterocycles. The number of aromatic nitrogens is 1. The Labute approximate surface area is 112 Å². The Morgan fingerprint density at radius 1 is 1.15 bits per heavy atom. The number of nitrogens with one attached hydrogen (secondary N) is 1. The van der Waals surface area contributed by atoms with Gasteiger partial charge in [-0.2, -0.15) is 18.4 Å². The van der Waals surface area contributed by atoms with Crippen LogP contribution in [0.25, 0.3) is 0 Å². The van der Waals surface area contributed by atoms with Crippen molar-refractivity contribution in [1.82, 2.24) is 4.98 Å². The molecule has 0 aliphatic heterocycles. The molecule has 20 heavy (non-hydrogen) atoms. The molecule has 102 valence electrons. The fourth-order valence-electron chi connectivity index (χ4n) is 1.56. The first-order valence-corrected chi connectivity index (χ1v) is 5.50. The van der Waals surface area contributed by atoms with Gasteiger partial charge in [-0.05, 0) is 36.4 Å². The van der Waals surface area contributed by atoms with E-state index in [1.54, 1.807) is 24.3 Å². The van der Waals surface area contributed by atoms with E-state index in [0.717, 1.165) is 12.1 Å². The first kappa shape index (κ1) is 13.7. The Bertz CT molecular complexity index is 657. The highest BCUT2D eigenvalue weighted by Gasteiger charge is 2.31. The van der Waals surface area contributed by atoms with Crippen molar-refractivity contribution in [3.63, 3.8) is 0 Å². The van der Waals surface area contributed by atoms with Crippen molar-refractivity contribution in [2.24, 2.45) is 0 Å². The molecule has 0 spiro atoms. The number of anilines is 3. The van der Waals surface area contributed by atoms with Crippen molar-refractivity contribution in [3.8, 4) is 6.07 Å². The number of halogens is 3. The van der Waals surface area contributed by atoms with E-state index in [1.807, 2.05) is 6.07 Å². The normalized spacial score (nSPS) is 10.9. The second-order valence-corrected chi connectivity index (χ2v) is 3.98. The van der Waals surface area contributed by atoms with Crippen LogP contribution in [0.5, 0.6) is 0 Å². The van der Waals surface area contributed by atoms with Gasteiger partial charge in [-0.1, -0.05) is 0 Å². The average Bonchev–Trinajstić information content (AvgIpc) is 2.38. The van der Waals surface area contributed by atoms with Gasteiger partial charge in [0.05, 0.1) is 17.2 Å². The highest BCUT2D eigenvalue weighted by molar-refractivity contribution is 5.60. The number of alkyl halides is 3. The predicted octanol–water partition coefficient (Wildman–Crippen LogP) is 3.30. The molecule has 0 fully saturated rings. The van der Waals surface area contributed by atoms with E-state index in [9.17, 15) is 13.2 Å². The number of nitrogen functional groups attached to an aromatic ring is 1. The summed E-state index contributed by atoms with van der Waals surface area (Å²) in [5.74, 6) is -0.238. The van der Waals surface area contributed by atoms with Gasteiger partial charge in [0.25, 0.3) is 0 Å². The van der Waals surface area contributed by atoms with Crippen molar-refractivity contribution in [1.29, 1.82) is 5.26 Å². The Morgan fingerprint density at radius 2 is 1.80 bits per heavy atom. The van der Waals surface area contributed by atoms with Crippen LogP contribution in [0.2, 0.25) is 0 Å². The number of rotatable bonds is 2. The third-order valence-electron chi connectivity index (χ3n) is 2.46. The van der Waals surface area contributed by atoms with Crippen molar-refractivity contribution < 1.29 is 13.2 Å². The van der Waals surface area contributed by atoms with Crippen molar-refractivity contribution in [2.45, 2.75) is 6.18 Å². The fraction of sp³-hybridized carbons (Fsp3) is 0.0769. The Kier molecular flexibility index (Phi) is 3.48. The first-order valence-electron chi connectivity index (χ1n) is 5.50. The second-order valence-electron chi connectivity index (χ2n) is 3.98. The monoisotopic (exact) mass is 278 g/mol. The second kappa shape index (κ2) is 5.09. The molecule has 1 heterocycles. The average molecular weight is 278 g/mol. The minimum atomic E-state index is -4.49. The molecule has 1 aromatic heterocycles. The van der Waals surface area contributed by atoms with Gasteiger partial charge in [-0.3, -0.25) is 0 Å². The van der Waals surface area contributed by atoms with E-state index in [4.69, 9.17) is 11.0 Å². The van der Waals surface area contributed by atoms with Crippen LogP contribution in [0.1, 0.15) is 11.1 Å². The van der Waals surface area contributed by atoms with Crippen LogP contribution in [0.15, 0.2) is 36.4 Å². The lowest BCUT2D eigenvalue weighted by Crippen LogP contribution is -2.08. The number of hydrogen-bond donors (Lipinski definition) is 2. The molecule has 0 aliphatic rings. The number of nitrogens with zero attached hydrogens (tertiary/aromatic N) is 2. The molecule has 0 radical (unpaired) electrons. The number of nitrogens with two attached hydrogens (primary N) is 1. The molecule has 0 aliphatic carbocycles. The van der Waals surface area contributed by atoms with Crippen LogP contribution in [-0.4, -0.2) is 4.98 Å². The molecule has 1 aromatic carbocycles. The van der Waals surface area contributed by atoms with Gasteiger partial charge in [0.15, 0.2) is 0 Å². The van der Waals surface area contributed by atoms with Gasteiger partial charge in [0.2, 0.25) is 0 Å². The van der Waals surface area contributed by atoms with E-state index in [2.05, 4.69) is 10.3 Å². The van der Waals surface area contributed by atoms with E-state index < -0.39 is 11.7 Å². The quantitative estimate of drug-likeness (QED) is 0.883. The predicted molar refractivity (Wildman–Crippen MR) is 68.1 cm³/mol. The van der Waals surface area contributed by atoms with E-state index >= 15 is 0 Å². The summed E-state index contributed by atoms with van der Waals surface area (Å²) in [4.78, 5) is 3.79. The molecule has 4 nitrogen and oxygen atoms in total. The lowest BCUT2D eigenvalue weighted by atomic mass is 10.2. The summed E-state index contributed by atoms with van der Waals surface area (Å²) in [6, 6.07) is 9.80. The summed E-state index contributed by atoms with van der Waals surface area (Å²) in [5, 5.41) is 11.4. The summed E-state index contributed by atoms with van der Waals surface area (Å²) in [6.07, 6.45) is -4.49. The maximum atomic E-state index is 12.6. The van der Waals surface area contributed by atoms with Crippen LogP contribution in [-0.2, 0) is 6.18 Å². The summed E-state index contributed by atoms with van der Waals surface area (Å²) in [7, 11) is 0. The van der Waals surface area contributed by atoms with Crippen molar-refractivity contribution in [2.75, 3.05) is 11.1 Å². The molecule has 2 rings (SSSR count). The van der Waals surface area contributed by atoms with Crippen LogP contribution < -0.4 is 11.1 Å². The summed E-state index contributed by atoms with van der Waals surface area (Å²) in [5.41, 5.74) is 5.45. The minimum Gasteiger partial charge on any atom is -0.384 e. The van der Waals surface area contributed by atoms with E-state index in [-0.39, 0.29) is 11.6 Å². The molecule has 3 N–H and O–H groups in total. The van der Waals surface area contributed by atoms with Gasteiger partial charge < -0.3 is 11.1 Å². The zero-order valence-corrected chi connectivity index (χ0v) is 10.1. The zero-order chi connectivity index (χ0) is 14.8. The lowest BCUT2D eigenvalue weighted by molar-refractivity contribution is -0.137. The van der Waals surface area contributed by atoms with Crippen LogP contribution in [0, 0.1) is 11.3 Å². The van der Waals surface area contributed by atoms with E-state index in [1.165, 1.54) is 0 Å². The SMILES string of the molecule is N#Cc1ccc(Nc2cc(C(F)(F)F)cc(N)n2)cc1. The standard InChI is InChI=1S/C13H9F3N4/c14-13(15,16)9-5-11(18)20-12(6-9)19-10-3-1-8(7-17)2-4-10/h1-6H,(H3,18,19,20). The summed E-state index contributed by atoms with van der Waals surface area (Å²) in [6.45, 7) is 0. The van der Waals surface area contributed by atoms with Gasteiger partial charge in [-0.15, -0.1) is 0 Å². The largest absolute Gasteiger partial charge is 0.416 e. The number of hydrogen-bond acceptors (Lipinski definition) is 4. The van der Waals surface area contributed by atoms with Gasteiger partial charge >= 0.3 is 6.18 Å². The Hall–Kier alpha value is -2.75. The smallest absolute Gasteiger partial charge is 0.384 e. The first-order chi connectivity index (χ1) is 9.38. The van der Waals surface area contributed by atoms with Gasteiger partial charge in [0, 0.05) is 5.69 Å². The highest BCUT2D eigenvalue weighted by atomic mass is 19.4. The van der Waals surface area contributed by atoms with Gasteiger partial charge in [0.1, 0.15) is 11.6 Å². The molecule has 7 heteroatoms. The molecule has 0 amide bonds. The molecule has 0 atom stereocenters. The van der Waals surface area contributed by atoms with Crippen LogP contribution in [0.3, 0.4) is 0 Å². The lowest BCUT2D eigenvalue weighted by Gasteiger charge is -2.11. The maximum absolute atomic E-state index is 12.6. The maximum Gasteiger partial charge on any atom is 0.416 e. The topological polar surface area (TPSA) is 74.7 Å². The van der Waals surface area contributed by atoms with Crippen molar-refractivity contribution >= 4 is 17.3 Å². The fourth-order valence-corrected chi connectivity index (χ4v) is 1.56. The number of benzene rings is 1. The molecule has 2 aromatic rings. The van der Waals surface area contributed by atoms with Crippen LogP contribution in [0.4, 0.5) is 30.5 Å². The molecule has 0 unspecified atom stereocenters. The minimum absolute atomic E-state index is 0.0120. The molecular weight excluding hydrogens is 269 g/mol. The van der Waals surface area contributed by atoms with E-state index in [0.29, 0.717) is 11.3 Å². The number of nitriles is 1. The third kappa shape index (κ3) is 3.17. The molecule has 0 saturated carbocycles. The molecular formula is C13H9F3N4. The Morgan fingerprint density at radius 3 is 2.35 bits per heavy atom.